The van der Waals surface area contributed by atoms with Crippen LogP contribution < -0.4 is 21.3 Å². The second-order valence-electron chi connectivity index (χ2n) is 12.5. The molecule has 12 heteroatoms. The molecule has 0 unspecified atom stereocenters. The van der Waals surface area contributed by atoms with E-state index in [0.29, 0.717) is 24.0 Å². The minimum absolute atomic E-state index is 0.119. The van der Waals surface area contributed by atoms with Crippen LogP contribution in [0.25, 0.3) is 0 Å². The molecule has 0 aromatic heterocycles. The summed E-state index contributed by atoms with van der Waals surface area (Å²) in [7, 11) is 0. The molecule has 0 spiro atoms. The summed E-state index contributed by atoms with van der Waals surface area (Å²) in [5.41, 5.74) is 10.2. The van der Waals surface area contributed by atoms with Gasteiger partial charge in [-0.3, -0.25) is 4.79 Å². The van der Waals surface area contributed by atoms with Crippen LogP contribution in [0.3, 0.4) is 0 Å². The number of carbonyl (C=O) groups excluding carboxylic acids is 2. The summed E-state index contributed by atoms with van der Waals surface area (Å²) in [6.07, 6.45) is 0.586. The van der Waals surface area contributed by atoms with Gasteiger partial charge in [-0.1, -0.05) is 32.9 Å². The molecule has 0 radical (unpaired) electrons. The summed E-state index contributed by atoms with van der Waals surface area (Å²) in [5.74, 6) is -0.00100. The van der Waals surface area contributed by atoms with E-state index in [4.69, 9.17) is 16.0 Å². The summed E-state index contributed by atoms with van der Waals surface area (Å²) in [5, 5.41) is 5.70. The van der Waals surface area contributed by atoms with Crippen LogP contribution in [0.1, 0.15) is 80.8 Å². The SMILES string of the molecule is CC(C)(C)C1CCC(N(Cc2ccc(C(=O)N=C(N)N=[NH2+])cc2)C(=O)Nc2ccc(OCC3CC3)cc2C(F)(F)F)CC1. The maximum atomic E-state index is 14.1. The molecule has 3 amide bonds. The smallest absolute Gasteiger partial charge is 0.418 e. The molecule has 0 heterocycles. The standard InChI is InChI=1S/C31H39F3N6O3/c1-30(2,3)22-10-12-23(13-11-22)40(17-19-6-8-21(9-7-19)27(41)38-28(35)39-36)29(42)37-26-15-14-24(43-18-20-4-5-20)16-25(26)31(32,33)34/h6-9,14-16,20,22-23,36H,4-5,10-13,17-18H2,1-3H3,(H,37,42)(H2,35,38,41)/p+1. The van der Waals surface area contributed by atoms with Crippen molar-refractivity contribution in [3.63, 3.8) is 0 Å². The van der Waals surface area contributed by atoms with Crippen LogP contribution >= 0.6 is 0 Å². The fourth-order valence-electron chi connectivity index (χ4n) is 5.41. The molecule has 9 nitrogen and oxygen atoms in total. The monoisotopic (exact) mass is 601 g/mol. The number of hydrogen-bond acceptors (Lipinski definition) is 3. The van der Waals surface area contributed by atoms with Gasteiger partial charge in [-0.05, 0) is 91.7 Å². The molecule has 43 heavy (non-hydrogen) atoms. The molecule has 5 N–H and O–H groups in total. The van der Waals surface area contributed by atoms with Gasteiger partial charge in [0.05, 0.1) is 17.9 Å². The van der Waals surface area contributed by atoms with Gasteiger partial charge in [0.2, 0.25) is 0 Å². The maximum absolute atomic E-state index is 14.1. The van der Waals surface area contributed by atoms with Gasteiger partial charge in [0.1, 0.15) is 5.75 Å². The third-order valence-corrected chi connectivity index (χ3v) is 8.25. The molecular formula is C31H40F3N6O3+. The number of aliphatic imine (C=N–C) groups is 1. The Morgan fingerprint density at radius 1 is 1.02 bits per heavy atom. The van der Waals surface area contributed by atoms with Crippen molar-refractivity contribution in [2.24, 2.45) is 33.1 Å². The normalized spacial score (nSPS) is 19.4. The third-order valence-electron chi connectivity index (χ3n) is 8.25. The lowest BCUT2D eigenvalue weighted by Gasteiger charge is -2.41. The first-order chi connectivity index (χ1) is 20.2. The first-order valence-corrected chi connectivity index (χ1v) is 14.5. The van der Waals surface area contributed by atoms with E-state index in [1.54, 1.807) is 29.2 Å². The number of amides is 3. The Labute approximate surface area is 249 Å². The molecule has 4 rings (SSSR count). The third kappa shape index (κ3) is 8.77. The molecule has 2 aromatic rings. The molecular weight excluding hydrogens is 561 g/mol. The summed E-state index contributed by atoms with van der Waals surface area (Å²) in [6, 6.07) is 9.27. The number of rotatable bonds is 8. The zero-order chi connectivity index (χ0) is 31.4. The van der Waals surface area contributed by atoms with E-state index in [2.05, 4.69) is 36.2 Å². The molecule has 2 aromatic carbocycles. The predicted molar refractivity (Wildman–Crippen MR) is 156 cm³/mol. The number of benzene rings is 2. The fourth-order valence-corrected chi connectivity index (χ4v) is 5.41. The van der Waals surface area contributed by atoms with Crippen molar-refractivity contribution in [1.82, 2.24) is 4.90 Å². The number of urea groups is 1. The highest BCUT2D eigenvalue weighted by molar-refractivity contribution is 6.02. The summed E-state index contributed by atoms with van der Waals surface area (Å²) in [6.45, 7) is 7.10. The molecule has 2 aliphatic rings. The molecule has 2 saturated carbocycles. The molecule has 0 saturated heterocycles. The Morgan fingerprint density at radius 2 is 1.67 bits per heavy atom. The number of alkyl halides is 3. The Kier molecular flexibility index (Phi) is 9.76. The topological polar surface area (TPSA) is 135 Å². The number of halogens is 3. The Hall–Kier alpha value is -3.96. The number of ether oxygens (including phenoxy) is 1. The average molecular weight is 602 g/mol. The van der Waals surface area contributed by atoms with Gasteiger partial charge < -0.3 is 20.7 Å². The summed E-state index contributed by atoms with van der Waals surface area (Å²) >= 11 is 0. The van der Waals surface area contributed by atoms with Gasteiger partial charge >= 0.3 is 12.2 Å². The Bertz CT molecular complexity index is 1340. The van der Waals surface area contributed by atoms with E-state index < -0.39 is 23.7 Å². The first-order valence-electron chi connectivity index (χ1n) is 14.5. The largest absolute Gasteiger partial charge is 0.493 e. The van der Waals surface area contributed by atoms with Gasteiger partial charge in [-0.25, -0.2) is 4.79 Å². The minimum Gasteiger partial charge on any atom is -0.493 e. The van der Waals surface area contributed by atoms with Crippen molar-refractivity contribution in [3.05, 3.63) is 59.2 Å². The molecule has 2 aliphatic carbocycles. The van der Waals surface area contributed by atoms with E-state index in [-0.39, 0.29) is 41.0 Å². The minimum atomic E-state index is -4.69. The first kappa shape index (κ1) is 32.0. The van der Waals surface area contributed by atoms with Crippen LogP contribution in [0, 0.1) is 17.3 Å². The van der Waals surface area contributed by atoms with Crippen LogP contribution in [-0.2, 0) is 12.7 Å². The van der Waals surface area contributed by atoms with E-state index in [0.717, 1.165) is 44.6 Å². The lowest BCUT2D eigenvalue weighted by molar-refractivity contribution is -0.207. The maximum Gasteiger partial charge on any atom is 0.418 e. The lowest BCUT2D eigenvalue weighted by Crippen LogP contribution is -2.45. The van der Waals surface area contributed by atoms with Crippen LogP contribution in [0.15, 0.2) is 52.6 Å². The highest BCUT2D eigenvalue weighted by Gasteiger charge is 2.37. The number of nitrogens with one attached hydrogen (secondary N) is 1. The Morgan fingerprint density at radius 3 is 2.23 bits per heavy atom. The van der Waals surface area contributed by atoms with Crippen molar-refractivity contribution in [2.75, 3.05) is 11.9 Å². The van der Waals surface area contributed by atoms with E-state index >= 15 is 0 Å². The average Bonchev–Trinajstić information content (AvgIpc) is 3.79. The zero-order valence-electron chi connectivity index (χ0n) is 24.8. The number of nitrogens with zero attached hydrogens (tertiary/aromatic N) is 3. The van der Waals surface area contributed by atoms with Crippen molar-refractivity contribution in [3.8, 4) is 5.75 Å². The number of nitrogens with two attached hydrogens (primary N) is 2. The second-order valence-corrected chi connectivity index (χ2v) is 12.5. The van der Waals surface area contributed by atoms with E-state index in [1.807, 2.05) is 0 Å². The van der Waals surface area contributed by atoms with Crippen molar-refractivity contribution >= 4 is 23.6 Å². The van der Waals surface area contributed by atoms with Gasteiger partial charge in [-0.15, -0.1) is 5.53 Å². The number of hydrogen-bond donors (Lipinski definition) is 3. The fraction of sp³-hybridized carbons (Fsp3) is 0.516. The number of anilines is 1. The van der Waals surface area contributed by atoms with Crippen LogP contribution in [-0.4, -0.2) is 35.4 Å². The van der Waals surface area contributed by atoms with Crippen molar-refractivity contribution in [2.45, 2.75) is 78.1 Å². The molecule has 2 fully saturated rings. The summed E-state index contributed by atoms with van der Waals surface area (Å²) < 4.78 is 47.8. The second kappa shape index (κ2) is 13.1. The molecule has 0 aliphatic heterocycles. The van der Waals surface area contributed by atoms with Crippen LogP contribution in [0.5, 0.6) is 5.75 Å². The van der Waals surface area contributed by atoms with Gasteiger partial charge in [0, 0.05) is 23.3 Å². The predicted octanol–water partition coefficient (Wildman–Crippen LogP) is 5.80. The zero-order valence-corrected chi connectivity index (χ0v) is 24.8. The number of carbonyl (C=O) groups is 2. The van der Waals surface area contributed by atoms with Gasteiger partial charge in [-0.2, -0.15) is 18.2 Å². The molecule has 232 valence electrons. The molecule has 0 atom stereocenters. The Balaban J connectivity index is 1.56. The summed E-state index contributed by atoms with van der Waals surface area (Å²) in [4.78, 5) is 31.2. The lowest BCUT2D eigenvalue weighted by atomic mass is 9.71. The van der Waals surface area contributed by atoms with Crippen LogP contribution in [0.4, 0.5) is 23.7 Å². The van der Waals surface area contributed by atoms with E-state index in [1.165, 1.54) is 12.1 Å². The van der Waals surface area contributed by atoms with Crippen molar-refractivity contribution in [1.29, 1.82) is 0 Å². The van der Waals surface area contributed by atoms with Gasteiger partial charge in [0.25, 0.3) is 11.9 Å². The highest BCUT2D eigenvalue weighted by Crippen LogP contribution is 2.41. The highest BCUT2D eigenvalue weighted by atomic mass is 19.4. The van der Waals surface area contributed by atoms with Gasteiger partial charge in [0.15, 0.2) is 0 Å². The van der Waals surface area contributed by atoms with Crippen molar-refractivity contribution < 1.29 is 33.0 Å². The van der Waals surface area contributed by atoms with Crippen LogP contribution in [0.2, 0.25) is 0 Å². The quantitative estimate of drug-likeness (QED) is 0.200. The number of guanidine groups is 1. The molecule has 0 bridgehead atoms. The van der Waals surface area contributed by atoms with E-state index in [9.17, 15) is 22.8 Å².